The number of thiophene rings is 1. The number of rotatable bonds is 3. The van der Waals surface area contributed by atoms with Gasteiger partial charge in [-0.2, -0.15) is 5.10 Å². The van der Waals surface area contributed by atoms with Crippen molar-refractivity contribution in [3.63, 3.8) is 0 Å². The summed E-state index contributed by atoms with van der Waals surface area (Å²) < 4.78 is 0. The summed E-state index contributed by atoms with van der Waals surface area (Å²) in [5.74, 6) is 0.713. The van der Waals surface area contributed by atoms with Crippen molar-refractivity contribution in [2.45, 2.75) is 13.8 Å². The van der Waals surface area contributed by atoms with Crippen LogP contribution in [0.4, 0.5) is 5.82 Å². The van der Waals surface area contributed by atoms with Gasteiger partial charge >= 0.3 is 0 Å². The zero-order valence-electron chi connectivity index (χ0n) is 11.6. The maximum atomic E-state index is 6.09. The first-order valence-electron chi connectivity index (χ1n) is 6.41. The lowest BCUT2D eigenvalue weighted by atomic mass is 10.2. The van der Waals surface area contributed by atoms with Gasteiger partial charge in [0.05, 0.1) is 11.6 Å². The number of aromatic nitrogens is 2. The Bertz CT molecular complexity index is 826. The molecule has 0 aliphatic heterocycles. The Morgan fingerprint density at radius 3 is 2.86 bits per heavy atom. The number of nitrogens with zero attached hydrogens (tertiary/aromatic N) is 3. The molecule has 0 saturated heterocycles. The monoisotopic (exact) mass is 316 g/mol. The van der Waals surface area contributed by atoms with Crippen LogP contribution in [-0.2, 0) is 0 Å². The molecule has 1 aromatic carbocycles. The minimum Gasteiger partial charge on any atom is -0.261 e. The molecule has 0 amide bonds. The fourth-order valence-electron chi connectivity index (χ4n) is 2.01. The van der Waals surface area contributed by atoms with Crippen molar-refractivity contribution in [3.8, 4) is 0 Å². The molecule has 0 unspecified atom stereocenters. The van der Waals surface area contributed by atoms with E-state index in [9.17, 15) is 0 Å². The average Bonchev–Trinajstić information content (AvgIpc) is 2.77. The number of hydrogen-bond donors (Lipinski definition) is 1. The molecule has 1 N–H and O–H groups in total. The van der Waals surface area contributed by atoms with Gasteiger partial charge in [0.15, 0.2) is 5.82 Å². The van der Waals surface area contributed by atoms with Crippen LogP contribution in [0, 0.1) is 13.8 Å². The van der Waals surface area contributed by atoms with E-state index in [0.717, 1.165) is 15.8 Å². The van der Waals surface area contributed by atoms with E-state index in [2.05, 4.69) is 34.3 Å². The van der Waals surface area contributed by atoms with Gasteiger partial charge in [-0.25, -0.2) is 9.97 Å². The summed E-state index contributed by atoms with van der Waals surface area (Å²) in [5, 5.41) is 5.92. The van der Waals surface area contributed by atoms with E-state index in [1.54, 1.807) is 23.9 Å². The van der Waals surface area contributed by atoms with E-state index in [1.807, 2.05) is 24.3 Å². The van der Waals surface area contributed by atoms with Crippen molar-refractivity contribution in [3.05, 3.63) is 51.6 Å². The second-order valence-electron chi connectivity index (χ2n) is 4.58. The van der Waals surface area contributed by atoms with Gasteiger partial charge in [-0.3, -0.25) is 5.43 Å². The Balaban J connectivity index is 1.91. The topological polar surface area (TPSA) is 50.2 Å². The number of hydrazone groups is 1. The second kappa shape index (κ2) is 5.79. The fraction of sp³-hybridized carbons (Fsp3) is 0.133. The molecule has 21 heavy (non-hydrogen) atoms. The highest BCUT2D eigenvalue weighted by molar-refractivity contribution is 7.18. The van der Waals surface area contributed by atoms with Gasteiger partial charge in [0.25, 0.3) is 0 Å². The molecule has 0 bridgehead atoms. The first kappa shape index (κ1) is 14.0. The van der Waals surface area contributed by atoms with Gasteiger partial charge in [0.2, 0.25) is 0 Å². The summed E-state index contributed by atoms with van der Waals surface area (Å²) in [5.41, 5.74) is 5.03. The molecule has 0 radical (unpaired) electrons. The van der Waals surface area contributed by atoms with E-state index in [-0.39, 0.29) is 0 Å². The lowest BCUT2D eigenvalue weighted by molar-refractivity contribution is 1.19. The largest absolute Gasteiger partial charge is 0.261 e. The quantitative estimate of drug-likeness (QED) is 0.575. The molecule has 2 aromatic heterocycles. The summed E-state index contributed by atoms with van der Waals surface area (Å²) >= 11 is 7.75. The predicted molar refractivity (Wildman–Crippen MR) is 89.6 cm³/mol. The van der Waals surface area contributed by atoms with Crippen LogP contribution in [0.2, 0.25) is 5.02 Å². The van der Waals surface area contributed by atoms with Crippen LogP contribution in [0.15, 0.2) is 35.7 Å². The van der Waals surface area contributed by atoms with Gasteiger partial charge in [-0.15, -0.1) is 11.3 Å². The number of aryl methyl sites for hydroxylation is 2. The molecule has 6 heteroatoms. The van der Waals surface area contributed by atoms with Crippen LogP contribution >= 0.6 is 22.9 Å². The van der Waals surface area contributed by atoms with Crippen LogP contribution in [0.3, 0.4) is 0 Å². The maximum Gasteiger partial charge on any atom is 0.158 e. The van der Waals surface area contributed by atoms with Gasteiger partial charge in [-0.05, 0) is 25.5 Å². The zero-order chi connectivity index (χ0) is 14.8. The normalized spacial score (nSPS) is 11.4. The Kier molecular flexibility index (Phi) is 3.86. The number of benzene rings is 1. The second-order valence-corrected chi connectivity index (χ2v) is 6.19. The Labute approximate surface area is 131 Å². The van der Waals surface area contributed by atoms with Gasteiger partial charge in [0, 0.05) is 15.5 Å². The minimum absolute atomic E-state index is 0.665. The summed E-state index contributed by atoms with van der Waals surface area (Å²) in [7, 11) is 0. The third-order valence-corrected chi connectivity index (χ3v) is 4.70. The highest BCUT2D eigenvalue weighted by Crippen LogP contribution is 2.32. The smallest absolute Gasteiger partial charge is 0.158 e. The predicted octanol–water partition coefficient (Wildman–Crippen LogP) is 4.41. The molecule has 3 rings (SSSR count). The molecule has 2 heterocycles. The highest BCUT2D eigenvalue weighted by atomic mass is 35.5. The van der Waals surface area contributed by atoms with Crippen LogP contribution in [0.1, 0.15) is 16.0 Å². The molecule has 0 saturated carbocycles. The van der Waals surface area contributed by atoms with E-state index >= 15 is 0 Å². The molecular formula is C15H13ClN4S. The number of halogens is 1. The van der Waals surface area contributed by atoms with Crippen molar-refractivity contribution in [2.75, 3.05) is 5.43 Å². The molecule has 0 aliphatic carbocycles. The van der Waals surface area contributed by atoms with Crippen molar-refractivity contribution in [1.82, 2.24) is 9.97 Å². The van der Waals surface area contributed by atoms with E-state index in [0.29, 0.717) is 10.8 Å². The first-order valence-corrected chi connectivity index (χ1v) is 7.60. The number of fused-ring (bicyclic) bond motifs is 1. The Morgan fingerprint density at radius 2 is 2.05 bits per heavy atom. The van der Waals surface area contributed by atoms with Gasteiger partial charge in [0.1, 0.15) is 11.2 Å². The first-order chi connectivity index (χ1) is 10.2. The van der Waals surface area contributed by atoms with Gasteiger partial charge < -0.3 is 0 Å². The molecule has 3 aromatic rings. The van der Waals surface area contributed by atoms with E-state index < -0.39 is 0 Å². The molecule has 0 atom stereocenters. The van der Waals surface area contributed by atoms with Crippen molar-refractivity contribution < 1.29 is 0 Å². The maximum absolute atomic E-state index is 6.09. The van der Waals surface area contributed by atoms with Crippen LogP contribution in [-0.4, -0.2) is 16.2 Å². The lowest BCUT2D eigenvalue weighted by Gasteiger charge is -2.02. The fourth-order valence-corrected chi connectivity index (χ4v) is 3.19. The van der Waals surface area contributed by atoms with Crippen LogP contribution in [0.5, 0.6) is 0 Å². The van der Waals surface area contributed by atoms with Crippen LogP contribution < -0.4 is 5.43 Å². The molecule has 0 aliphatic rings. The third kappa shape index (κ3) is 2.75. The number of nitrogens with one attached hydrogen (secondary N) is 1. The summed E-state index contributed by atoms with van der Waals surface area (Å²) in [6.07, 6.45) is 3.23. The molecule has 4 nitrogen and oxygen atoms in total. The van der Waals surface area contributed by atoms with E-state index in [4.69, 9.17) is 11.6 Å². The van der Waals surface area contributed by atoms with Gasteiger partial charge in [-0.1, -0.05) is 29.8 Å². The van der Waals surface area contributed by atoms with Crippen molar-refractivity contribution >= 4 is 45.2 Å². The summed E-state index contributed by atoms with van der Waals surface area (Å²) in [6, 6.07) is 7.54. The van der Waals surface area contributed by atoms with E-state index in [1.165, 1.54) is 10.4 Å². The SMILES string of the molecule is Cc1sc2ncnc(N/N=C\c3ccccc3Cl)c2c1C. The molecule has 106 valence electrons. The standard InChI is InChI=1S/C15H13ClN4S/c1-9-10(2)21-15-13(9)14(17-8-18-15)20-19-7-11-5-3-4-6-12(11)16/h3-8H,1-2H3,(H,17,18,20)/b19-7-. The summed E-state index contributed by atoms with van der Waals surface area (Å²) in [4.78, 5) is 10.8. The summed E-state index contributed by atoms with van der Waals surface area (Å²) in [6.45, 7) is 4.15. The third-order valence-electron chi connectivity index (χ3n) is 3.24. The molecule has 0 spiro atoms. The Hall–Kier alpha value is -1.98. The Morgan fingerprint density at radius 1 is 1.24 bits per heavy atom. The van der Waals surface area contributed by atoms with Crippen molar-refractivity contribution in [2.24, 2.45) is 5.10 Å². The molecular weight excluding hydrogens is 304 g/mol. The lowest BCUT2D eigenvalue weighted by Crippen LogP contribution is -1.95. The molecule has 0 fully saturated rings. The number of anilines is 1. The number of hydrogen-bond acceptors (Lipinski definition) is 5. The van der Waals surface area contributed by atoms with Crippen LogP contribution in [0.25, 0.3) is 10.2 Å². The van der Waals surface area contributed by atoms with Crippen molar-refractivity contribution in [1.29, 1.82) is 0 Å². The zero-order valence-corrected chi connectivity index (χ0v) is 13.2. The average molecular weight is 317 g/mol. The highest BCUT2D eigenvalue weighted by Gasteiger charge is 2.11. The minimum atomic E-state index is 0.665.